The van der Waals surface area contributed by atoms with Gasteiger partial charge in [-0.15, -0.1) is 0 Å². The van der Waals surface area contributed by atoms with Crippen LogP contribution in [0.25, 0.3) is 0 Å². The minimum absolute atomic E-state index is 0.131. The summed E-state index contributed by atoms with van der Waals surface area (Å²) in [7, 11) is 0. The Morgan fingerprint density at radius 1 is 1.36 bits per heavy atom. The van der Waals surface area contributed by atoms with E-state index >= 15 is 0 Å². The van der Waals surface area contributed by atoms with Crippen LogP contribution in [0, 0.1) is 5.92 Å². The monoisotopic (exact) mass is 155 g/mol. The molecule has 11 heavy (non-hydrogen) atoms. The molecule has 0 heterocycles. The Kier molecular flexibility index (Phi) is 2.63. The smallest absolute Gasteiger partial charge is 0.306 e. The van der Waals surface area contributed by atoms with E-state index in [1.165, 1.54) is 0 Å². The average molecular weight is 155 g/mol. The summed E-state index contributed by atoms with van der Waals surface area (Å²) in [5, 5.41) is 8.65. The first-order valence-corrected chi connectivity index (χ1v) is 3.92. The summed E-state index contributed by atoms with van der Waals surface area (Å²) in [6.45, 7) is 3.46. The van der Waals surface area contributed by atoms with Gasteiger partial charge in [0.05, 0.1) is 5.92 Å². The molecule has 0 unspecified atom stereocenters. The minimum atomic E-state index is -0.660. The molecule has 1 saturated carbocycles. The molecule has 0 radical (unpaired) electrons. The van der Waals surface area contributed by atoms with Crippen molar-refractivity contribution in [3.8, 4) is 0 Å². The Balaban J connectivity index is 2.35. The molecule has 3 nitrogen and oxygen atoms in total. The van der Waals surface area contributed by atoms with Gasteiger partial charge < -0.3 is 5.11 Å². The summed E-state index contributed by atoms with van der Waals surface area (Å²) >= 11 is 0. The molecule has 1 aliphatic rings. The molecule has 1 fully saturated rings. The van der Waals surface area contributed by atoms with E-state index in [1.807, 2.05) is 0 Å². The molecule has 1 rings (SSSR count). The van der Waals surface area contributed by atoms with Crippen LogP contribution >= 0.6 is 0 Å². The number of hydrogen-bond acceptors (Lipinski definition) is 2. The van der Waals surface area contributed by atoms with Gasteiger partial charge in [-0.25, -0.2) is 0 Å². The second-order valence-corrected chi connectivity index (χ2v) is 3.03. The summed E-state index contributed by atoms with van der Waals surface area (Å²) in [6.07, 6.45) is 3.30. The molecular formula is C8H13NO2. The van der Waals surface area contributed by atoms with E-state index in [0.29, 0.717) is 6.04 Å². The SMILES string of the molecule is C=N[C@H]1CC[C@@H](C(=O)O)CC1. The Labute approximate surface area is 66.1 Å². The molecule has 1 aliphatic carbocycles. The lowest BCUT2D eigenvalue weighted by Crippen LogP contribution is -2.22. The van der Waals surface area contributed by atoms with Gasteiger partial charge in [0.15, 0.2) is 0 Å². The fourth-order valence-electron chi connectivity index (χ4n) is 1.51. The fraction of sp³-hybridized carbons (Fsp3) is 0.750. The maximum atomic E-state index is 10.5. The van der Waals surface area contributed by atoms with E-state index in [0.717, 1.165) is 25.7 Å². The fourth-order valence-corrected chi connectivity index (χ4v) is 1.51. The van der Waals surface area contributed by atoms with Gasteiger partial charge in [-0.2, -0.15) is 0 Å². The molecule has 0 aromatic heterocycles. The molecule has 62 valence electrons. The van der Waals surface area contributed by atoms with Crippen molar-refractivity contribution in [3.63, 3.8) is 0 Å². The van der Waals surface area contributed by atoms with E-state index in [2.05, 4.69) is 11.7 Å². The van der Waals surface area contributed by atoms with Crippen LogP contribution in [-0.4, -0.2) is 23.8 Å². The van der Waals surface area contributed by atoms with Crippen LogP contribution in [0.4, 0.5) is 0 Å². The molecule has 0 amide bonds. The number of carbonyl (C=O) groups is 1. The molecule has 3 heteroatoms. The Morgan fingerprint density at radius 2 is 1.91 bits per heavy atom. The van der Waals surface area contributed by atoms with Crippen molar-refractivity contribution < 1.29 is 9.90 Å². The number of carboxylic acid groups (broad SMARTS) is 1. The van der Waals surface area contributed by atoms with Crippen molar-refractivity contribution >= 4 is 12.7 Å². The number of nitrogens with zero attached hydrogens (tertiary/aromatic N) is 1. The summed E-state index contributed by atoms with van der Waals surface area (Å²) in [4.78, 5) is 14.4. The highest BCUT2D eigenvalue weighted by Crippen LogP contribution is 2.25. The summed E-state index contributed by atoms with van der Waals surface area (Å²) in [6, 6.07) is 0.311. The van der Waals surface area contributed by atoms with E-state index < -0.39 is 5.97 Å². The predicted molar refractivity (Wildman–Crippen MR) is 42.9 cm³/mol. The zero-order valence-electron chi connectivity index (χ0n) is 6.49. The second kappa shape index (κ2) is 3.51. The first-order chi connectivity index (χ1) is 5.24. The molecule has 1 N–H and O–H groups in total. The van der Waals surface area contributed by atoms with Gasteiger partial charge in [0.1, 0.15) is 0 Å². The van der Waals surface area contributed by atoms with E-state index in [9.17, 15) is 4.79 Å². The van der Waals surface area contributed by atoms with Gasteiger partial charge in [-0.05, 0) is 32.4 Å². The van der Waals surface area contributed by atoms with E-state index in [4.69, 9.17) is 5.11 Å². The quantitative estimate of drug-likeness (QED) is 0.611. The Morgan fingerprint density at radius 3 is 2.27 bits per heavy atom. The molecule has 0 spiro atoms. The average Bonchev–Trinajstić information content (AvgIpc) is 2.05. The van der Waals surface area contributed by atoms with Crippen LogP contribution < -0.4 is 0 Å². The topological polar surface area (TPSA) is 49.7 Å². The zero-order valence-corrected chi connectivity index (χ0v) is 6.49. The minimum Gasteiger partial charge on any atom is -0.481 e. The molecule has 0 aliphatic heterocycles. The summed E-state index contributed by atoms with van der Waals surface area (Å²) in [5.41, 5.74) is 0. The van der Waals surface area contributed by atoms with E-state index in [-0.39, 0.29) is 5.92 Å². The van der Waals surface area contributed by atoms with Crippen LogP contribution in [-0.2, 0) is 4.79 Å². The Bertz CT molecular complexity index is 159. The number of aliphatic carboxylic acids is 1. The lowest BCUT2D eigenvalue weighted by molar-refractivity contribution is -0.142. The van der Waals surface area contributed by atoms with E-state index in [1.54, 1.807) is 0 Å². The van der Waals surface area contributed by atoms with Crippen molar-refractivity contribution in [2.24, 2.45) is 10.9 Å². The van der Waals surface area contributed by atoms with Gasteiger partial charge >= 0.3 is 5.97 Å². The molecule has 0 aromatic rings. The molecule has 0 aromatic carbocycles. The highest BCUT2D eigenvalue weighted by molar-refractivity contribution is 5.70. The highest BCUT2D eigenvalue weighted by atomic mass is 16.4. The number of aliphatic imine (C=N–C) groups is 1. The second-order valence-electron chi connectivity index (χ2n) is 3.03. The predicted octanol–water partition coefficient (Wildman–Crippen LogP) is 1.33. The summed E-state index contributed by atoms with van der Waals surface area (Å²) in [5.74, 6) is -0.791. The normalized spacial score (nSPS) is 31.3. The van der Waals surface area contributed by atoms with Crippen LogP contribution in [0.2, 0.25) is 0 Å². The van der Waals surface area contributed by atoms with Crippen LogP contribution in [0.15, 0.2) is 4.99 Å². The largest absolute Gasteiger partial charge is 0.481 e. The van der Waals surface area contributed by atoms with Crippen molar-refractivity contribution in [1.82, 2.24) is 0 Å². The standard InChI is InChI=1S/C8H13NO2/c1-9-7-4-2-6(3-5-7)8(10)11/h6-7H,1-5H2,(H,10,11)/t6-,7+. The van der Waals surface area contributed by atoms with Crippen molar-refractivity contribution in [2.45, 2.75) is 31.7 Å². The lowest BCUT2D eigenvalue weighted by Gasteiger charge is -2.22. The summed E-state index contributed by atoms with van der Waals surface area (Å²) < 4.78 is 0. The van der Waals surface area contributed by atoms with Gasteiger partial charge in [-0.3, -0.25) is 9.79 Å². The van der Waals surface area contributed by atoms with Gasteiger partial charge in [-0.1, -0.05) is 0 Å². The Hall–Kier alpha value is -0.860. The van der Waals surface area contributed by atoms with Crippen LogP contribution in [0.3, 0.4) is 0 Å². The van der Waals surface area contributed by atoms with Gasteiger partial charge in [0.2, 0.25) is 0 Å². The van der Waals surface area contributed by atoms with Crippen molar-refractivity contribution in [3.05, 3.63) is 0 Å². The van der Waals surface area contributed by atoms with Crippen molar-refractivity contribution in [2.75, 3.05) is 0 Å². The lowest BCUT2D eigenvalue weighted by atomic mass is 9.86. The zero-order chi connectivity index (χ0) is 8.27. The third-order valence-corrected chi connectivity index (χ3v) is 2.30. The first-order valence-electron chi connectivity index (χ1n) is 3.92. The van der Waals surface area contributed by atoms with Crippen LogP contribution in [0.1, 0.15) is 25.7 Å². The van der Waals surface area contributed by atoms with Crippen molar-refractivity contribution in [1.29, 1.82) is 0 Å². The molecule has 0 saturated heterocycles. The number of hydrogen-bond donors (Lipinski definition) is 1. The number of rotatable bonds is 2. The van der Waals surface area contributed by atoms with Crippen LogP contribution in [0.5, 0.6) is 0 Å². The molecule has 0 atom stereocenters. The maximum absolute atomic E-state index is 10.5. The van der Waals surface area contributed by atoms with Gasteiger partial charge in [0, 0.05) is 6.04 Å². The molecule has 0 bridgehead atoms. The van der Waals surface area contributed by atoms with Gasteiger partial charge in [0.25, 0.3) is 0 Å². The third-order valence-electron chi connectivity index (χ3n) is 2.30. The highest BCUT2D eigenvalue weighted by Gasteiger charge is 2.24. The first kappa shape index (κ1) is 8.24. The maximum Gasteiger partial charge on any atom is 0.306 e. The molecular weight excluding hydrogens is 142 g/mol. The third kappa shape index (κ3) is 2.03. The number of carboxylic acids is 1.